The van der Waals surface area contributed by atoms with Crippen molar-refractivity contribution < 1.29 is 9.59 Å². The Kier molecular flexibility index (Phi) is 9.09. The molecular weight excluding hydrogens is 350 g/mol. The van der Waals surface area contributed by atoms with Gasteiger partial charge in [0.1, 0.15) is 6.04 Å². The molecule has 5 nitrogen and oxygen atoms in total. The van der Waals surface area contributed by atoms with Crippen LogP contribution in [0.3, 0.4) is 0 Å². The second-order valence-electron chi connectivity index (χ2n) is 7.25. The molecule has 0 saturated carbocycles. The molecule has 0 spiro atoms. The number of halogens is 1. The summed E-state index contributed by atoms with van der Waals surface area (Å²) >= 11 is 0. The molecule has 4 atom stereocenters. The van der Waals surface area contributed by atoms with Crippen LogP contribution in [0, 0.1) is 11.8 Å². The Labute approximate surface area is 163 Å². The van der Waals surface area contributed by atoms with E-state index in [-0.39, 0.29) is 36.2 Å². The number of benzene rings is 1. The van der Waals surface area contributed by atoms with E-state index < -0.39 is 6.04 Å². The lowest BCUT2D eigenvalue weighted by atomic mass is 9.90. The maximum Gasteiger partial charge on any atom is 0.251 e. The van der Waals surface area contributed by atoms with Crippen molar-refractivity contribution in [3.05, 3.63) is 35.9 Å². The molecule has 0 bridgehead atoms. The molecule has 0 aliphatic carbocycles. The predicted molar refractivity (Wildman–Crippen MR) is 107 cm³/mol. The highest BCUT2D eigenvalue weighted by Gasteiger charge is 2.33. The van der Waals surface area contributed by atoms with Gasteiger partial charge in [0, 0.05) is 24.7 Å². The monoisotopic (exact) mass is 381 g/mol. The van der Waals surface area contributed by atoms with Gasteiger partial charge in [-0.25, -0.2) is 0 Å². The number of nitrogens with zero attached hydrogens (tertiary/aromatic N) is 1. The number of carbonyl (C=O) groups is 2. The van der Waals surface area contributed by atoms with E-state index in [1.807, 2.05) is 43.9 Å². The number of hydrogen-bond donors (Lipinski definition) is 2. The van der Waals surface area contributed by atoms with Crippen LogP contribution < -0.4 is 11.1 Å². The molecular formula is C20H32ClN3O2. The molecule has 1 aliphatic heterocycles. The molecule has 1 saturated heterocycles. The highest BCUT2D eigenvalue weighted by molar-refractivity contribution is 5.97. The zero-order valence-electron chi connectivity index (χ0n) is 16.0. The average molecular weight is 382 g/mol. The highest BCUT2D eigenvalue weighted by atomic mass is 35.5. The van der Waals surface area contributed by atoms with E-state index in [1.165, 1.54) is 0 Å². The fourth-order valence-electron chi connectivity index (χ4n) is 3.33. The van der Waals surface area contributed by atoms with Crippen LogP contribution in [0.25, 0.3) is 0 Å². The zero-order chi connectivity index (χ0) is 18.4. The van der Waals surface area contributed by atoms with Crippen LogP contribution in [0.2, 0.25) is 0 Å². The number of nitrogens with two attached hydrogens (primary N) is 1. The normalized spacial score (nSPS) is 20.5. The molecule has 0 aromatic heterocycles. The van der Waals surface area contributed by atoms with Gasteiger partial charge in [0.25, 0.3) is 5.91 Å². The Morgan fingerprint density at radius 1 is 1.27 bits per heavy atom. The molecule has 3 N–H and O–H groups in total. The van der Waals surface area contributed by atoms with Crippen LogP contribution in [-0.4, -0.2) is 41.9 Å². The molecule has 1 aromatic carbocycles. The highest BCUT2D eigenvalue weighted by Crippen LogP contribution is 2.21. The standard InChI is InChI=1S/C20H31N3O2.ClH/c1-4-14(2)18(22-19(24)16-9-6-5-7-10-16)20(25)23-12-8-11-17(13-23)15(3)21;/h5-7,9-10,14-15,17-18H,4,8,11-13,21H2,1-3H3,(H,22,24);1H. The van der Waals surface area contributed by atoms with E-state index in [0.717, 1.165) is 25.8 Å². The van der Waals surface area contributed by atoms with Crippen LogP contribution in [-0.2, 0) is 4.79 Å². The van der Waals surface area contributed by atoms with Gasteiger partial charge in [-0.2, -0.15) is 0 Å². The third-order valence-corrected chi connectivity index (χ3v) is 5.31. The van der Waals surface area contributed by atoms with Crippen molar-refractivity contribution in [1.82, 2.24) is 10.2 Å². The van der Waals surface area contributed by atoms with E-state index in [0.29, 0.717) is 18.0 Å². The molecule has 4 unspecified atom stereocenters. The van der Waals surface area contributed by atoms with Crippen molar-refractivity contribution in [3.8, 4) is 0 Å². The van der Waals surface area contributed by atoms with E-state index in [1.54, 1.807) is 12.1 Å². The van der Waals surface area contributed by atoms with Crippen molar-refractivity contribution >= 4 is 24.2 Å². The molecule has 1 aliphatic rings. The summed E-state index contributed by atoms with van der Waals surface area (Å²) in [4.78, 5) is 27.5. The summed E-state index contributed by atoms with van der Waals surface area (Å²) in [6.07, 6.45) is 2.86. The first-order valence-corrected chi connectivity index (χ1v) is 9.34. The van der Waals surface area contributed by atoms with Gasteiger partial charge in [0.2, 0.25) is 5.91 Å². The van der Waals surface area contributed by atoms with E-state index in [2.05, 4.69) is 5.32 Å². The first-order valence-electron chi connectivity index (χ1n) is 9.34. The minimum atomic E-state index is -0.496. The quantitative estimate of drug-likeness (QED) is 0.795. The van der Waals surface area contributed by atoms with Crippen molar-refractivity contribution in [1.29, 1.82) is 0 Å². The maximum atomic E-state index is 13.1. The molecule has 2 amide bonds. The molecule has 2 rings (SSSR count). The fraction of sp³-hybridized carbons (Fsp3) is 0.600. The lowest BCUT2D eigenvalue weighted by molar-refractivity contribution is -0.136. The number of hydrogen-bond acceptors (Lipinski definition) is 3. The van der Waals surface area contributed by atoms with Crippen LogP contribution in [0.5, 0.6) is 0 Å². The van der Waals surface area contributed by atoms with Gasteiger partial charge in [-0.05, 0) is 43.7 Å². The third-order valence-electron chi connectivity index (χ3n) is 5.31. The van der Waals surface area contributed by atoms with Crippen LogP contribution >= 0.6 is 12.4 Å². The number of nitrogens with one attached hydrogen (secondary N) is 1. The zero-order valence-corrected chi connectivity index (χ0v) is 16.8. The summed E-state index contributed by atoms with van der Waals surface area (Å²) in [5.41, 5.74) is 6.62. The summed E-state index contributed by atoms with van der Waals surface area (Å²) in [6.45, 7) is 7.49. The van der Waals surface area contributed by atoms with Gasteiger partial charge in [0.15, 0.2) is 0 Å². The Bertz CT molecular complexity index is 580. The lowest BCUT2D eigenvalue weighted by Crippen LogP contribution is -2.55. The molecule has 26 heavy (non-hydrogen) atoms. The number of carbonyl (C=O) groups excluding carboxylic acids is 2. The third kappa shape index (κ3) is 5.71. The smallest absolute Gasteiger partial charge is 0.251 e. The van der Waals surface area contributed by atoms with Crippen molar-refractivity contribution in [2.75, 3.05) is 13.1 Å². The van der Waals surface area contributed by atoms with Crippen LogP contribution in [0.15, 0.2) is 30.3 Å². The number of amides is 2. The summed E-state index contributed by atoms with van der Waals surface area (Å²) in [5.74, 6) is 0.236. The topological polar surface area (TPSA) is 75.4 Å². The molecule has 1 fully saturated rings. The van der Waals surface area contributed by atoms with Gasteiger partial charge < -0.3 is 16.0 Å². The summed E-state index contributed by atoms with van der Waals surface area (Å²) < 4.78 is 0. The van der Waals surface area contributed by atoms with Gasteiger partial charge in [-0.15, -0.1) is 12.4 Å². The van der Waals surface area contributed by atoms with Gasteiger partial charge >= 0.3 is 0 Å². The Balaban J connectivity index is 0.00000338. The van der Waals surface area contributed by atoms with Crippen molar-refractivity contribution in [2.45, 2.75) is 52.1 Å². The summed E-state index contributed by atoms with van der Waals surface area (Å²) in [7, 11) is 0. The van der Waals surface area contributed by atoms with Crippen molar-refractivity contribution in [2.24, 2.45) is 17.6 Å². The van der Waals surface area contributed by atoms with Gasteiger partial charge in [0.05, 0.1) is 0 Å². The molecule has 6 heteroatoms. The van der Waals surface area contributed by atoms with Crippen LogP contribution in [0.1, 0.15) is 50.4 Å². The molecule has 146 valence electrons. The summed E-state index contributed by atoms with van der Waals surface area (Å²) in [6, 6.07) is 8.64. The Morgan fingerprint density at radius 3 is 2.50 bits per heavy atom. The number of rotatable bonds is 6. The Hall–Kier alpha value is -1.59. The first kappa shape index (κ1) is 22.5. The second kappa shape index (κ2) is 10.5. The predicted octanol–water partition coefficient (Wildman–Crippen LogP) is 2.84. The Morgan fingerprint density at radius 2 is 1.92 bits per heavy atom. The maximum absolute atomic E-state index is 13.1. The number of piperidine rings is 1. The summed E-state index contributed by atoms with van der Waals surface area (Å²) in [5, 5.41) is 2.96. The van der Waals surface area contributed by atoms with Crippen molar-refractivity contribution in [3.63, 3.8) is 0 Å². The second-order valence-corrected chi connectivity index (χ2v) is 7.25. The first-order chi connectivity index (χ1) is 11.9. The van der Waals surface area contributed by atoms with Gasteiger partial charge in [-0.1, -0.05) is 38.5 Å². The molecule has 1 aromatic rings. The van der Waals surface area contributed by atoms with Gasteiger partial charge in [-0.3, -0.25) is 9.59 Å². The minimum Gasteiger partial charge on any atom is -0.341 e. The van der Waals surface area contributed by atoms with E-state index in [9.17, 15) is 9.59 Å². The largest absolute Gasteiger partial charge is 0.341 e. The minimum absolute atomic E-state index is 0. The lowest BCUT2D eigenvalue weighted by Gasteiger charge is -2.37. The SMILES string of the molecule is CCC(C)C(NC(=O)c1ccccc1)C(=O)N1CCCC(C(C)N)C1.Cl. The molecule has 0 radical (unpaired) electrons. The average Bonchev–Trinajstić information content (AvgIpc) is 2.65. The van der Waals surface area contributed by atoms with E-state index in [4.69, 9.17) is 5.73 Å². The van der Waals surface area contributed by atoms with Crippen LogP contribution in [0.4, 0.5) is 0 Å². The fourth-order valence-corrected chi connectivity index (χ4v) is 3.33. The molecule has 1 heterocycles. The van der Waals surface area contributed by atoms with E-state index >= 15 is 0 Å². The number of likely N-dealkylation sites (tertiary alicyclic amines) is 1.